The Morgan fingerprint density at radius 1 is 0.605 bits per heavy atom. The smallest absolute Gasteiger partial charge is 0.226 e. The lowest BCUT2D eigenvalue weighted by molar-refractivity contribution is -0.119. The largest absolute Gasteiger partial charge is 0.412 e. The van der Waals surface area contributed by atoms with E-state index in [0.717, 1.165) is 33.6 Å². The highest BCUT2D eigenvalue weighted by molar-refractivity contribution is 5.93. The fraction of sp³-hybridized carbons (Fsp3) is 0.588. The minimum absolute atomic E-state index is 0. The quantitative estimate of drug-likeness (QED) is 0.377. The second kappa shape index (κ2) is 15.7. The summed E-state index contributed by atoms with van der Waals surface area (Å²) in [5.41, 5.74) is 6.90. The predicted octanol–water partition coefficient (Wildman–Crippen LogP) is 6.54. The molecule has 0 radical (unpaired) electrons. The zero-order valence-electron chi connectivity index (χ0n) is 26.4. The summed E-state index contributed by atoms with van der Waals surface area (Å²) >= 11 is 0. The summed E-state index contributed by atoms with van der Waals surface area (Å²) in [5, 5.41) is 6.29. The van der Waals surface area contributed by atoms with Gasteiger partial charge in [0, 0.05) is 35.3 Å². The van der Waals surface area contributed by atoms with E-state index in [9.17, 15) is 9.59 Å². The Labute approximate surface area is 270 Å². The molecule has 4 aliphatic heterocycles. The molecule has 0 aliphatic carbocycles. The summed E-state index contributed by atoms with van der Waals surface area (Å²) in [6.45, 7) is 12.9. The van der Waals surface area contributed by atoms with Gasteiger partial charge in [0.25, 0.3) is 0 Å². The first-order chi connectivity index (χ1) is 19.2. The molecule has 4 saturated heterocycles. The average molecular weight is 636 g/mol. The van der Waals surface area contributed by atoms with Crippen molar-refractivity contribution in [3.05, 3.63) is 58.7 Å². The number of fused-ring (bicyclic) bond motifs is 2. The van der Waals surface area contributed by atoms with Crippen molar-refractivity contribution >= 4 is 48.0 Å². The summed E-state index contributed by atoms with van der Waals surface area (Å²) in [7, 11) is 0. The third-order valence-corrected chi connectivity index (χ3v) is 10.1. The highest BCUT2D eigenvalue weighted by Crippen LogP contribution is 2.42. The summed E-state index contributed by atoms with van der Waals surface area (Å²) in [6, 6.07) is 12.3. The molecule has 6 rings (SSSR count). The van der Waals surface area contributed by atoms with Gasteiger partial charge in [0.2, 0.25) is 11.8 Å². The molecular weight excluding hydrogens is 583 g/mol. The van der Waals surface area contributed by atoms with Crippen molar-refractivity contribution in [1.82, 2.24) is 9.80 Å². The fourth-order valence-corrected chi connectivity index (χ4v) is 8.02. The monoisotopic (exact) mass is 634 g/mol. The molecule has 0 aromatic heterocycles. The summed E-state index contributed by atoms with van der Waals surface area (Å²) in [5.74, 6) is 0.354. The van der Waals surface area contributed by atoms with E-state index in [4.69, 9.17) is 0 Å². The maximum Gasteiger partial charge on any atom is 0.226 e. The molecule has 4 heterocycles. The Morgan fingerprint density at radius 2 is 0.884 bits per heavy atom. The fourth-order valence-electron chi connectivity index (χ4n) is 8.02. The van der Waals surface area contributed by atoms with Gasteiger partial charge in [-0.05, 0) is 127 Å². The van der Waals surface area contributed by atoms with Crippen molar-refractivity contribution in [3.8, 4) is 0 Å². The molecule has 4 aliphatic rings. The number of hydrogen-bond donors (Lipinski definition) is 2. The van der Waals surface area contributed by atoms with Crippen molar-refractivity contribution in [1.29, 1.82) is 0 Å². The van der Waals surface area contributed by atoms with Crippen LogP contribution in [0.3, 0.4) is 0 Å². The minimum Gasteiger partial charge on any atom is -0.412 e. The number of carbonyl (C=O) groups is 2. The maximum absolute atomic E-state index is 12.5. The molecule has 0 spiro atoms. The zero-order chi connectivity index (χ0) is 28.3. The second-order valence-electron chi connectivity index (χ2n) is 12.8. The number of amides is 2. The van der Waals surface area contributed by atoms with Crippen LogP contribution in [0.4, 0.5) is 11.4 Å². The molecule has 0 unspecified atom stereocenters. The molecule has 0 atom stereocenters. The van der Waals surface area contributed by atoms with Gasteiger partial charge in [-0.1, -0.05) is 36.4 Å². The van der Waals surface area contributed by atoms with E-state index in [0.29, 0.717) is 12.8 Å². The first kappa shape index (κ1) is 37.0. The summed E-state index contributed by atoms with van der Waals surface area (Å²) in [6.07, 6.45) is 11.0. The predicted molar refractivity (Wildman–Crippen MR) is 182 cm³/mol. The Morgan fingerprint density at radius 3 is 1.16 bits per heavy atom. The van der Waals surface area contributed by atoms with Gasteiger partial charge >= 0.3 is 0 Å². The van der Waals surface area contributed by atoms with Crippen LogP contribution in [-0.2, 0) is 9.59 Å². The van der Waals surface area contributed by atoms with Gasteiger partial charge in [-0.2, -0.15) is 0 Å². The van der Waals surface area contributed by atoms with E-state index in [2.05, 4.69) is 72.4 Å². The molecular formula is C34H52Cl2N4O3. The minimum atomic E-state index is 0. The lowest BCUT2D eigenvalue weighted by Gasteiger charge is -2.31. The Balaban J connectivity index is 0.000000281. The summed E-state index contributed by atoms with van der Waals surface area (Å²) < 4.78 is 0. The zero-order valence-corrected chi connectivity index (χ0v) is 28.0. The molecule has 2 amide bonds. The van der Waals surface area contributed by atoms with E-state index in [1.165, 1.54) is 77.5 Å². The maximum atomic E-state index is 12.5. The molecule has 2 aromatic carbocycles. The van der Waals surface area contributed by atoms with Gasteiger partial charge in [-0.3, -0.25) is 19.4 Å². The number of benzene rings is 2. The molecule has 4 N–H and O–H groups in total. The van der Waals surface area contributed by atoms with Gasteiger partial charge in [-0.25, -0.2) is 0 Å². The van der Waals surface area contributed by atoms with E-state index >= 15 is 0 Å². The van der Waals surface area contributed by atoms with Crippen LogP contribution >= 0.6 is 24.8 Å². The number of rotatable bonds is 6. The van der Waals surface area contributed by atoms with Crippen molar-refractivity contribution in [3.63, 3.8) is 0 Å². The number of anilines is 2. The van der Waals surface area contributed by atoms with Gasteiger partial charge in [-0.15, -0.1) is 24.8 Å². The Kier molecular flexibility index (Phi) is 13.5. The number of hydrogen-bond acceptors (Lipinski definition) is 4. The normalized spacial score (nSPS) is 19.4. The first-order valence-electron chi connectivity index (χ1n) is 15.4. The highest BCUT2D eigenvalue weighted by atomic mass is 35.5. The third kappa shape index (κ3) is 8.12. The highest BCUT2D eigenvalue weighted by Gasteiger charge is 2.46. The molecule has 43 heavy (non-hydrogen) atoms. The number of nitrogens with one attached hydrogen (secondary N) is 2. The molecule has 9 heteroatoms. The molecule has 7 nitrogen and oxygen atoms in total. The molecule has 2 aromatic rings. The van der Waals surface area contributed by atoms with Crippen molar-refractivity contribution in [2.24, 2.45) is 0 Å². The van der Waals surface area contributed by atoms with Crippen molar-refractivity contribution < 1.29 is 15.1 Å². The van der Waals surface area contributed by atoms with E-state index in [1.807, 2.05) is 12.1 Å². The van der Waals surface area contributed by atoms with Crippen LogP contribution in [0.15, 0.2) is 36.4 Å². The third-order valence-electron chi connectivity index (χ3n) is 10.1. The standard InChI is InChI=1S/2C17H24N2O.2ClH.H2O/c2*1-13-6-3-7-14(2)16(13)18-15(20)12-17-8-4-10-19(17)11-5-9-17;;;/h2*3,6-7H,4-5,8-12H2,1-2H3,(H,18,20);2*1H;1H2. The SMILES string of the molecule is Cc1cccc(C)c1NC(=O)CC12CCCN1CCC2.Cc1cccc(C)c1NC(=O)CC12CCCN1CCC2.Cl.Cl.O. The van der Waals surface area contributed by atoms with E-state index in [1.54, 1.807) is 0 Å². The number of carbonyl (C=O) groups excluding carboxylic acids is 2. The van der Waals surface area contributed by atoms with E-state index < -0.39 is 0 Å². The van der Waals surface area contributed by atoms with Crippen LogP contribution in [0.25, 0.3) is 0 Å². The molecule has 4 fully saturated rings. The van der Waals surface area contributed by atoms with Gasteiger partial charge in [0.1, 0.15) is 0 Å². The van der Waals surface area contributed by atoms with Gasteiger partial charge < -0.3 is 16.1 Å². The number of para-hydroxylation sites is 2. The lowest BCUT2D eigenvalue weighted by atomic mass is 9.90. The van der Waals surface area contributed by atoms with Gasteiger partial charge in [0.05, 0.1) is 0 Å². The topological polar surface area (TPSA) is 96.2 Å². The number of halogens is 2. The van der Waals surface area contributed by atoms with Crippen LogP contribution in [0, 0.1) is 27.7 Å². The lowest BCUT2D eigenvalue weighted by Crippen LogP contribution is -2.41. The van der Waals surface area contributed by atoms with Crippen LogP contribution < -0.4 is 10.6 Å². The average Bonchev–Trinajstić information content (AvgIpc) is 3.65. The van der Waals surface area contributed by atoms with Crippen LogP contribution in [0.2, 0.25) is 0 Å². The molecule has 0 saturated carbocycles. The van der Waals surface area contributed by atoms with Crippen molar-refractivity contribution in [2.75, 3.05) is 36.8 Å². The number of nitrogens with zero attached hydrogens (tertiary/aromatic N) is 2. The van der Waals surface area contributed by atoms with Crippen LogP contribution in [0.1, 0.15) is 86.5 Å². The molecule has 0 bridgehead atoms. The Bertz CT molecular complexity index is 1100. The molecule has 240 valence electrons. The summed E-state index contributed by atoms with van der Waals surface area (Å²) in [4.78, 5) is 30.0. The van der Waals surface area contributed by atoms with Gasteiger partial charge in [0.15, 0.2) is 0 Å². The second-order valence-corrected chi connectivity index (χ2v) is 12.8. The Hall–Kier alpha value is -2.16. The first-order valence-corrected chi connectivity index (χ1v) is 15.4. The van der Waals surface area contributed by atoms with Crippen LogP contribution in [0.5, 0.6) is 0 Å². The number of aryl methyl sites for hydroxylation is 4. The van der Waals surface area contributed by atoms with Crippen molar-refractivity contribution in [2.45, 2.75) is 103 Å². The van der Waals surface area contributed by atoms with E-state index in [-0.39, 0.29) is 53.2 Å². The van der Waals surface area contributed by atoms with Crippen LogP contribution in [-0.4, -0.2) is 64.3 Å².